The third-order valence-corrected chi connectivity index (χ3v) is 3.93. The maximum atomic E-state index is 12.1. The molecule has 6 heteroatoms. The SMILES string of the molecule is CCC(=O)Nc1cccc(NC(=O)CCCOc2ccc(Cl)cc2C)c1. The van der Waals surface area contributed by atoms with Gasteiger partial charge in [0.25, 0.3) is 0 Å². The van der Waals surface area contributed by atoms with Gasteiger partial charge in [-0.25, -0.2) is 0 Å². The van der Waals surface area contributed by atoms with E-state index in [4.69, 9.17) is 16.3 Å². The molecule has 138 valence electrons. The molecule has 0 heterocycles. The van der Waals surface area contributed by atoms with E-state index in [1.54, 1.807) is 37.3 Å². The van der Waals surface area contributed by atoms with Crippen LogP contribution in [0.2, 0.25) is 5.02 Å². The molecular weight excluding hydrogens is 352 g/mol. The highest BCUT2D eigenvalue weighted by atomic mass is 35.5. The monoisotopic (exact) mass is 374 g/mol. The van der Waals surface area contributed by atoms with Crippen LogP contribution in [0.25, 0.3) is 0 Å². The zero-order chi connectivity index (χ0) is 18.9. The fourth-order valence-electron chi connectivity index (χ4n) is 2.34. The summed E-state index contributed by atoms with van der Waals surface area (Å²) in [6.07, 6.45) is 1.35. The van der Waals surface area contributed by atoms with E-state index in [-0.39, 0.29) is 11.8 Å². The van der Waals surface area contributed by atoms with Crippen molar-refractivity contribution >= 4 is 34.8 Å². The zero-order valence-corrected chi connectivity index (χ0v) is 15.7. The zero-order valence-electron chi connectivity index (χ0n) is 15.0. The molecule has 0 atom stereocenters. The number of hydrogen-bond donors (Lipinski definition) is 2. The van der Waals surface area contributed by atoms with Crippen LogP contribution in [0.1, 0.15) is 31.7 Å². The number of nitrogens with one attached hydrogen (secondary N) is 2. The number of hydrogen-bond acceptors (Lipinski definition) is 3. The smallest absolute Gasteiger partial charge is 0.224 e. The van der Waals surface area contributed by atoms with Gasteiger partial charge in [-0.15, -0.1) is 0 Å². The average molecular weight is 375 g/mol. The van der Waals surface area contributed by atoms with Gasteiger partial charge in [-0.3, -0.25) is 9.59 Å². The van der Waals surface area contributed by atoms with E-state index >= 15 is 0 Å². The van der Waals surface area contributed by atoms with Crippen LogP contribution in [-0.2, 0) is 9.59 Å². The Morgan fingerprint density at radius 2 is 1.73 bits per heavy atom. The first kappa shape index (κ1) is 19.8. The highest BCUT2D eigenvalue weighted by molar-refractivity contribution is 6.30. The van der Waals surface area contributed by atoms with E-state index in [0.717, 1.165) is 11.3 Å². The Kier molecular flexibility index (Phi) is 7.48. The Morgan fingerprint density at radius 3 is 2.38 bits per heavy atom. The van der Waals surface area contributed by atoms with E-state index in [1.165, 1.54) is 0 Å². The summed E-state index contributed by atoms with van der Waals surface area (Å²) in [6.45, 7) is 4.16. The first-order valence-corrected chi connectivity index (χ1v) is 8.94. The number of carbonyl (C=O) groups excluding carboxylic acids is 2. The molecule has 0 aliphatic carbocycles. The molecule has 2 N–H and O–H groups in total. The molecule has 0 spiro atoms. The molecule has 2 aromatic carbocycles. The van der Waals surface area contributed by atoms with Crippen molar-refractivity contribution in [3.8, 4) is 5.75 Å². The predicted molar refractivity (Wildman–Crippen MR) is 105 cm³/mol. The lowest BCUT2D eigenvalue weighted by atomic mass is 10.2. The topological polar surface area (TPSA) is 67.4 Å². The number of halogens is 1. The highest BCUT2D eigenvalue weighted by Gasteiger charge is 2.06. The molecule has 0 aromatic heterocycles. The molecule has 0 aliphatic heterocycles. The van der Waals surface area contributed by atoms with Crippen LogP contribution in [0.4, 0.5) is 11.4 Å². The Hall–Kier alpha value is -2.53. The van der Waals surface area contributed by atoms with Gasteiger partial charge in [0.05, 0.1) is 6.61 Å². The number of benzene rings is 2. The lowest BCUT2D eigenvalue weighted by molar-refractivity contribution is -0.117. The van der Waals surface area contributed by atoms with E-state index in [0.29, 0.717) is 42.3 Å². The van der Waals surface area contributed by atoms with Crippen molar-refractivity contribution in [3.63, 3.8) is 0 Å². The average Bonchev–Trinajstić information content (AvgIpc) is 2.60. The Bertz CT molecular complexity index is 777. The molecule has 5 nitrogen and oxygen atoms in total. The van der Waals surface area contributed by atoms with Crippen LogP contribution in [0, 0.1) is 6.92 Å². The summed E-state index contributed by atoms with van der Waals surface area (Å²) >= 11 is 5.91. The van der Waals surface area contributed by atoms with Crippen LogP contribution in [0.3, 0.4) is 0 Å². The summed E-state index contributed by atoms with van der Waals surface area (Å²) in [6, 6.07) is 12.5. The van der Waals surface area contributed by atoms with Crippen LogP contribution < -0.4 is 15.4 Å². The normalized spacial score (nSPS) is 10.3. The summed E-state index contributed by atoms with van der Waals surface area (Å²) in [4.78, 5) is 23.5. The standard InChI is InChI=1S/C20H23ClN2O3/c1-3-19(24)22-16-6-4-7-17(13-16)23-20(25)8-5-11-26-18-10-9-15(21)12-14(18)2/h4,6-7,9-10,12-13H,3,5,8,11H2,1-2H3,(H,22,24)(H,23,25). The van der Waals surface area contributed by atoms with Crippen molar-refractivity contribution in [1.82, 2.24) is 0 Å². The molecule has 0 aliphatic rings. The van der Waals surface area contributed by atoms with Gasteiger partial charge in [0.1, 0.15) is 5.75 Å². The molecule has 0 bridgehead atoms. The first-order chi connectivity index (χ1) is 12.5. The second kappa shape index (κ2) is 9.82. The largest absolute Gasteiger partial charge is 0.493 e. The van der Waals surface area contributed by atoms with Gasteiger partial charge in [0, 0.05) is 29.2 Å². The molecule has 2 rings (SSSR count). The quantitative estimate of drug-likeness (QED) is 0.652. The molecule has 0 radical (unpaired) electrons. The molecule has 2 amide bonds. The van der Waals surface area contributed by atoms with Crippen molar-refractivity contribution in [2.75, 3.05) is 17.2 Å². The minimum absolute atomic E-state index is 0.0666. The number of anilines is 2. The maximum Gasteiger partial charge on any atom is 0.224 e. The Balaban J connectivity index is 1.76. The number of rotatable bonds is 8. The molecule has 0 unspecified atom stereocenters. The maximum absolute atomic E-state index is 12.1. The van der Waals surface area contributed by atoms with Crippen molar-refractivity contribution in [2.24, 2.45) is 0 Å². The summed E-state index contributed by atoms with van der Waals surface area (Å²) in [5.74, 6) is 0.609. The van der Waals surface area contributed by atoms with Crippen LogP contribution in [-0.4, -0.2) is 18.4 Å². The van der Waals surface area contributed by atoms with Gasteiger partial charge in [0.15, 0.2) is 0 Å². The molecule has 26 heavy (non-hydrogen) atoms. The molecular formula is C20H23ClN2O3. The summed E-state index contributed by atoms with van der Waals surface area (Å²) < 4.78 is 5.68. The number of aryl methyl sites for hydroxylation is 1. The van der Waals surface area contributed by atoms with E-state index in [9.17, 15) is 9.59 Å². The van der Waals surface area contributed by atoms with Gasteiger partial charge in [-0.2, -0.15) is 0 Å². The van der Waals surface area contributed by atoms with Crippen LogP contribution >= 0.6 is 11.6 Å². The van der Waals surface area contributed by atoms with Gasteiger partial charge >= 0.3 is 0 Å². The fourth-order valence-corrected chi connectivity index (χ4v) is 2.56. The highest BCUT2D eigenvalue weighted by Crippen LogP contribution is 2.22. The fraction of sp³-hybridized carbons (Fsp3) is 0.300. The minimum atomic E-state index is -0.0969. The summed E-state index contributed by atoms with van der Waals surface area (Å²) in [5, 5.41) is 6.27. The lowest BCUT2D eigenvalue weighted by Gasteiger charge is -2.10. The second-order valence-electron chi connectivity index (χ2n) is 5.89. The van der Waals surface area contributed by atoms with Gasteiger partial charge in [-0.1, -0.05) is 24.6 Å². The third kappa shape index (κ3) is 6.41. The third-order valence-electron chi connectivity index (χ3n) is 3.69. The minimum Gasteiger partial charge on any atom is -0.493 e. The van der Waals surface area contributed by atoms with Crippen molar-refractivity contribution < 1.29 is 14.3 Å². The second-order valence-corrected chi connectivity index (χ2v) is 6.33. The van der Waals surface area contributed by atoms with Crippen molar-refractivity contribution in [1.29, 1.82) is 0 Å². The summed E-state index contributed by atoms with van der Waals surface area (Å²) in [7, 11) is 0. The van der Waals surface area contributed by atoms with Crippen molar-refractivity contribution in [2.45, 2.75) is 33.1 Å². The Labute approximate surface area is 158 Å². The van der Waals surface area contributed by atoms with Crippen LogP contribution in [0.15, 0.2) is 42.5 Å². The van der Waals surface area contributed by atoms with E-state index < -0.39 is 0 Å². The van der Waals surface area contributed by atoms with Gasteiger partial charge < -0.3 is 15.4 Å². The summed E-state index contributed by atoms with van der Waals surface area (Å²) in [5.41, 5.74) is 2.28. The molecule has 0 saturated carbocycles. The Morgan fingerprint density at radius 1 is 1.04 bits per heavy atom. The first-order valence-electron chi connectivity index (χ1n) is 8.56. The van der Waals surface area contributed by atoms with E-state index in [1.807, 2.05) is 19.1 Å². The van der Waals surface area contributed by atoms with Gasteiger partial charge in [-0.05, 0) is 55.3 Å². The van der Waals surface area contributed by atoms with E-state index in [2.05, 4.69) is 10.6 Å². The molecule has 0 fully saturated rings. The molecule has 0 saturated heterocycles. The number of amides is 2. The van der Waals surface area contributed by atoms with Crippen LogP contribution in [0.5, 0.6) is 5.75 Å². The van der Waals surface area contributed by atoms with Crippen molar-refractivity contribution in [3.05, 3.63) is 53.1 Å². The number of carbonyl (C=O) groups is 2. The lowest BCUT2D eigenvalue weighted by Crippen LogP contribution is -2.14. The predicted octanol–water partition coefficient (Wildman–Crippen LogP) is 4.79. The number of ether oxygens (including phenoxy) is 1. The van der Waals surface area contributed by atoms with Gasteiger partial charge in [0.2, 0.25) is 11.8 Å². The molecule has 2 aromatic rings.